The molecule has 0 saturated carbocycles. The zero-order valence-electron chi connectivity index (χ0n) is 28.8. The Bertz CT molecular complexity index is 1980. The number of ether oxygens (including phenoxy) is 3. The number of hydrogen-bond donors (Lipinski definition) is 0. The van der Waals surface area contributed by atoms with Gasteiger partial charge in [-0.25, -0.2) is 0 Å². The van der Waals surface area contributed by atoms with Gasteiger partial charge in [0.2, 0.25) is 0 Å². The molecule has 0 amide bonds. The number of aryl methyl sites for hydroxylation is 1. The zero-order valence-corrected chi connectivity index (χ0v) is 28.8. The summed E-state index contributed by atoms with van der Waals surface area (Å²) in [6, 6.07) is 42.2. The first-order valence-electron chi connectivity index (χ1n) is 17.3. The molecule has 0 N–H and O–H groups in total. The first-order valence-corrected chi connectivity index (χ1v) is 17.3. The van der Waals surface area contributed by atoms with E-state index in [1.54, 1.807) is 0 Å². The van der Waals surface area contributed by atoms with Crippen LogP contribution in [0.2, 0.25) is 0 Å². The Labute approximate surface area is 290 Å². The molecule has 7 rings (SSSR count). The van der Waals surface area contributed by atoms with E-state index in [2.05, 4.69) is 120 Å². The number of piperazine rings is 1. The fourth-order valence-electron chi connectivity index (χ4n) is 6.85. The van der Waals surface area contributed by atoms with Crippen LogP contribution < -0.4 is 19.1 Å². The molecule has 6 heteroatoms. The number of anilines is 1. The van der Waals surface area contributed by atoms with Gasteiger partial charge < -0.3 is 28.6 Å². The molecule has 0 radical (unpaired) electrons. The molecule has 1 fully saturated rings. The average Bonchev–Trinajstić information content (AvgIpc) is 3.41. The maximum Gasteiger partial charge on any atom is 0.142 e. The van der Waals surface area contributed by atoms with Crippen LogP contribution in [0.3, 0.4) is 0 Å². The Morgan fingerprint density at radius 2 is 1.27 bits per heavy atom. The second kappa shape index (κ2) is 14.9. The summed E-state index contributed by atoms with van der Waals surface area (Å²) >= 11 is 0. The van der Waals surface area contributed by atoms with Crippen LogP contribution in [0.15, 0.2) is 121 Å². The van der Waals surface area contributed by atoms with E-state index in [4.69, 9.17) is 14.2 Å². The van der Waals surface area contributed by atoms with Crippen molar-refractivity contribution in [3.8, 4) is 28.5 Å². The van der Waals surface area contributed by atoms with Gasteiger partial charge in [0.15, 0.2) is 0 Å². The van der Waals surface area contributed by atoms with Crippen molar-refractivity contribution in [1.82, 2.24) is 9.47 Å². The van der Waals surface area contributed by atoms with Gasteiger partial charge in [0.05, 0.1) is 24.5 Å². The van der Waals surface area contributed by atoms with Crippen LogP contribution in [0.25, 0.3) is 22.2 Å². The van der Waals surface area contributed by atoms with Crippen molar-refractivity contribution >= 4 is 16.6 Å². The third kappa shape index (κ3) is 7.30. The number of aromatic nitrogens is 1. The number of rotatable bonds is 12. The highest BCUT2D eigenvalue weighted by atomic mass is 16.5. The summed E-state index contributed by atoms with van der Waals surface area (Å²) in [6.07, 6.45) is 0. The smallest absolute Gasteiger partial charge is 0.142 e. The summed E-state index contributed by atoms with van der Waals surface area (Å²) in [5.41, 5.74) is 9.49. The van der Waals surface area contributed by atoms with Gasteiger partial charge in [0, 0.05) is 37.1 Å². The summed E-state index contributed by atoms with van der Waals surface area (Å²) in [6.45, 7) is 10.7. The topological polar surface area (TPSA) is 39.1 Å². The maximum absolute atomic E-state index is 6.30. The minimum atomic E-state index is 0.530. The zero-order chi connectivity index (χ0) is 33.6. The van der Waals surface area contributed by atoms with Crippen molar-refractivity contribution in [1.29, 1.82) is 0 Å². The summed E-state index contributed by atoms with van der Waals surface area (Å²) in [4.78, 5) is 4.90. The van der Waals surface area contributed by atoms with Crippen LogP contribution in [-0.2, 0) is 19.8 Å². The Morgan fingerprint density at radius 3 is 1.92 bits per heavy atom. The number of benzene rings is 5. The van der Waals surface area contributed by atoms with Crippen LogP contribution >= 0.6 is 0 Å². The molecule has 2 heterocycles. The number of para-hydroxylation sites is 1. The van der Waals surface area contributed by atoms with E-state index in [1.165, 1.54) is 33.4 Å². The summed E-state index contributed by atoms with van der Waals surface area (Å²) < 4.78 is 21.2. The molecule has 0 spiro atoms. The quantitative estimate of drug-likeness (QED) is 0.132. The number of fused-ring (bicyclic) bond motifs is 1. The fraction of sp³-hybridized carbons (Fsp3) is 0.256. The van der Waals surface area contributed by atoms with E-state index < -0.39 is 0 Å². The molecular weight excluding hydrogens is 606 g/mol. The minimum Gasteiger partial charge on any atom is -0.492 e. The number of likely N-dealkylation sites (N-methyl/N-ethyl adjacent to an activating group) is 1. The molecule has 5 aromatic carbocycles. The van der Waals surface area contributed by atoms with Gasteiger partial charge in [-0.15, -0.1) is 0 Å². The van der Waals surface area contributed by atoms with Crippen LogP contribution in [0, 0.1) is 6.92 Å². The van der Waals surface area contributed by atoms with Crippen molar-refractivity contribution in [2.75, 3.05) is 44.7 Å². The molecule has 1 aliphatic rings. The summed E-state index contributed by atoms with van der Waals surface area (Å²) in [7, 11) is 2.20. The van der Waals surface area contributed by atoms with Gasteiger partial charge in [-0.05, 0) is 97.2 Å². The lowest BCUT2D eigenvalue weighted by atomic mass is 10.1. The lowest BCUT2D eigenvalue weighted by Gasteiger charge is -2.36. The van der Waals surface area contributed by atoms with Gasteiger partial charge in [-0.2, -0.15) is 0 Å². The highest BCUT2D eigenvalue weighted by molar-refractivity contribution is 5.93. The third-order valence-corrected chi connectivity index (χ3v) is 9.44. The van der Waals surface area contributed by atoms with Crippen molar-refractivity contribution in [3.05, 3.63) is 144 Å². The molecule has 0 bridgehead atoms. The van der Waals surface area contributed by atoms with Crippen molar-refractivity contribution < 1.29 is 14.2 Å². The molecule has 1 aromatic heterocycles. The molecule has 1 saturated heterocycles. The molecule has 250 valence electrons. The standard InChI is InChI=1S/C43H45N3O3/c1-4-47-41-17-11-16-36(43(41)45-26-24-44(3)25-27-45)29-46-40-23-22-38(49-31-34-14-9-6-10-15-34)28-39(40)32(2)42(46)35-18-20-37(21-19-35)48-30-33-12-7-5-8-13-33/h5-23,28H,4,24-27,29-31H2,1-3H3. The SMILES string of the molecule is CCOc1cccc(Cn2c(-c3ccc(OCc4ccccc4)cc3)c(C)c3cc(OCc4ccccc4)ccc32)c1N1CCN(C)CC1. The summed E-state index contributed by atoms with van der Waals surface area (Å²) in [5.74, 6) is 2.67. The number of hydrogen-bond acceptors (Lipinski definition) is 5. The van der Waals surface area contributed by atoms with E-state index in [0.717, 1.165) is 60.1 Å². The third-order valence-electron chi connectivity index (χ3n) is 9.44. The predicted molar refractivity (Wildman–Crippen MR) is 200 cm³/mol. The largest absolute Gasteiger partial charge is 0.492 e. The van der Waals surface area contributed by atoms with Crippen LogP contribution in [0.1, 0.15) is 29.2 Å². The van der Waals surface area contributed by atoms with Gasteiger partial charge in [0.1, 0.15) is 30.5 Å². The second-order valence-electron chi connectivity index (χ2n) is 12.8. The molecule has 0 aliphatic carbocycles. The normalized spacial score (nSPS) is 13.5. The molecular formula is C43H45N3O3. The van der Waals surface area contributed by atoms with Gasteiger partial charge in [-0.1, -0.05) is 72.8 Å². The lowest BCUT2D eigenvalue weighted by molar-refractivity contribution is 0.306. The van der Waals surface area contributed by atoms with Gasteiger partial charge in [0.25, 0.3) is 0 Å². The first kappa shape index (κ1) is 32.4. The highest BCUT2D eigenvalue weighted by Gasteiger charge is 2.24. The Balaban J connectivity index is 1.27. The van der Waals surface area contributed by atoms with Crippen LogP contribution in [-0.4, -0.2) is 49.3 Å². The predicted octanol–water partition coefficient (Wildman–Crippen LogP) is 8.97. The Morgan fingerprint density at radius 1 is 0.633 bits per heavy atom. The molecule has 1 aliphatic heterocycles. The number of nitrogens with zero attached hydrogens (tertiary/aromatic N) is 3. The van der Waals surface area contributed by atoms with Gasteiger partial charge >= 0.3 is 0 Å². The van der Waals surface area contributed by atoms with Crippen molar-refractivity contribution in [3.63, 3.8) is 0 Å². The van der Waals surface area contributed by atoms with E-state index in [-0.39, 0.29) is 0 Å². The first-order chi connectivity index (χ1) is 24.1. The summed E-state index contributed by atoms with van der Waals surface area (Å²) in [5, 5.41) is 1.19. The molecule has 0 atom stereocenters. The van der Waals surface area contributed by atoms with Crippen molar-refractivity contribution in [2.24, 2.45) is 0 Å². The van der Waals surface area contributed by atoms with Gasteiger partial charge in [-0.3, -0.25) is 0 Å². The second-order valence-corrected chi connectivity index (χ2v) is 12.8. The van der Waals surface area contributed by atoms with E-state index in [0.29, 0.717) is 26.4 Å². The fourth-order valence-corrected chi connectivity index (χ4v) is 6.85. The van der Waals surface area contributed by atoms with E-state index in [1.807, 2.05) is 36.4 Å². The highest BCUT2D eigenvalue weighted by Crippen LogP contribution is 2.39. The molecule has 49 heavy (non-hydrogen) atoms. The monoisotopic (exact) mass is 651 g/mol. The van der Waals surface area contributed by atoms with Crippen molar-refractivity contribution in [2.45, 2.75) is 33.6 Å². The minimum absolute atomic E-state index is 0.530. The van der Waals surface area contributed by atoms with E-state index >= 15 is 0 Å². The molecule has 0 unspecified atom stereocenters. The van der Waals surface area contributed by atoms with Crippen LogP contribution in [0.4, 0.5) is 5.69 Å². The Hall–Kier alpha value is -5.20. The average molecular weight is 652 g/mol. The lowest BCUT2D eigenvalue weighted by Crippen LogP contribution is -2.45. The van der Waals surface area contributed by atoms with Crippen LogP contribution in [0.5, 0.6) is 17.2 Å². The molecule has 6 nitrogen and oxygen atoms in total. The Kier molecular flexibility index (Phi) is 9.85. The maximum atomic E-state index is 6.30. The van der Waals surface area contributed by atoms with E-state index in [9.17, 15) is 0 Å². The molecule has 6 aromatic rings.